The van der Waals surface area contributed by atoms with Crippen molar-refractivity contribution in [3.8, 4) is 0 Å². The van der Waals surface area contributed by atoms with Gasteiger partial charge >= 0.3 is 5.97 Å². The quantitative estimate of drug-likeness (QED) is 0.721. The third kappa shape index (κ3) is 6.66. The highest BCUT2D eigenvalue weighted by Crippen LogP contribution is 2.22. The highest BCUT2D eigenvalue weighted by atomic mass is 32.2. The lowest BCUT2D eigenvalue weighted by Crippen LogP contribution is -2.33. The molecule has 1 amide bonds. The molecule has 6 heteroatoms. The Morgan fingerprint density at radius 2 is 2.33 bits per heavy atom. The van der Waals surface area contributed by atoms with Crippen LogP contribution < -0.4 is 5.32 Å². The van der Waals surface area contributed by atoms with Gasteiger partial charge in [0.2, 0.25) is 5.91 Å². The maximum atomic E-state index is 11.6. The molecule has 100 valence electrons. The molecular weight excluding hydrogens is 270 g/mol. The maximum absolute atomic E-state index is 11.6. The van der Waals surface area contributed by atoms with E-state index in [9.17, 15) is 9.59 Å². The number of carbonyl (C=O) groups is 2. The van der Waals surface area contributed by atoms with Gasteiger partial charge in [-0.3, -0.25) is 9.59 Å². The van der Waals surface area contributed by atoms with E-state index in [-0.39, 0.29) is 18.4 Å². The van der Waals surface area contributed by atoms with E-state index in [1.54, 1.807) is 11.3 Å². The molecule has 0 aromatic carbocycles. The Kier molecular flexibility index (Phi) is 6.82. The van der Waals surface area contributed by atoms with Gasteiger partial charge in [0, 0.05) is 12.5 Å². The number of carbonyl (C=O) groups excluding carboxylic acids is 1. The van der Waals surface area contributed by atoms with Crippen LogP contribution in [0, 0.1) is 0 Å². The third-order valence-electron chi connectivity index (χ3n) is 2.28. The number of amides is 1. The highest BCUT2D eigenvalue weighted by Gasteiger charge is 2.08. The fraction of sp³-hybridized carbons (Fsp3) is 0.500. The lowest BCUT2D eigenvalue weighted by Gasteiger charge is -2.12. The Morgan fingerprint density at radius 3 is 2.94 bits per heavy atom. The first-order valence-corrected chi connectivity index (χ1v) is 7.62. The molecule has 1 rings (SSSR count). The highest BCUT2D eigenvalue weighted by molar-refractivity contribution is 8.01. The number of rotatable bonds is 8. The van der Waals surface area contributed by atoms with Crippen LogP contribution in [0.15, 0.2) is 21.7 Å². The number of thioether (sulfide) groups is 1. The molecule has 2 N–H and O–H groups in total. The van der Waals surface area contributed by atoms with Crippen LogP contribution in [-0.2, 0) is 9.59 Å². The van der Waals surface area contributed by atoms with Gasteiger partial charge in [-0.1, -0.05) is 6.07 Å². The van der Waals surface area contributed by atoms with Gasteiger partial charge in [0.1, 0.15) is 0 Å². The lowest BCUT2D eigenvalue weighted by molar-refractivity contribution is -0.137. The summed E-state index contributed by atoms with van der Waals surface area (Å²) in [5.41, 5.74) is 0. The molecule has 0 spiro atoms. The van der Waals surface area contributed by atoms with Crippen molar-refractivity contribution >= 4 is 35.0 Å². The predicted molar refractivity (Wildman–Crippen MR) is 74.1 cm³/mol. The Labute approximate surface area is 115 Å². The number of thiophene rings is 1. The normalized spacial score (nSPS) is 12.1. The van der Waals surface area contributed by atoms with Gasteiger partial charge in [0.15, 0.2) is 0 Å². The molecule has 0 saturated carbocycles. The van der Waals surface area contributed by atoms with Gasteiger partial charge in [-0.25, -0.2) is 0 Å². The molecule has 1 aromatic rings. The zero-order valence-electron chi connectivity index (χ0n) is 10.2. The van der Waals surface area contributed by atoms with Crippen molar-refractivity contribution in [3.05, 3.63) is 17.5 Å². The summed E-state index contributed by atoms with van der Waals surface area (Å²) >= 11 is 3.14. The second kappa shape index (κ2) is 8.16. The van der Waals surface area contributed by atoms with Crippen LogP contribution in [0.1, 0.15) is 26.2 Å². The predicted octanol–water partition coefficient (Wildman–Crippen LogP) is 2.60. The average Bonchev–Trinajstić information content (AvgIpc) is 2.78. The third-order valence-corrected chi connectivity index (χ3v) is 4.41. The summed E-state index contributed by atoms with van der Waals surface area (Å²) in [6.45, 7) is 1.90. The smallest absolute Gasteiger partial charge is 0.303 e. The van der Waals surface area contributed by atoms with E-state index >= 15 is 0 Å². The number of carboxylic acids is 1. The molecule has 0 aliphatic heterocycles. The van der Waals surface area contributed by atoms with Gasteiger partial charge in [0.05, 0.1) is 9.96 Å². The topological polar surface area (TPSA) is 66.4 Å². The first kappa shape index (κ1) is 15.0. The van der Waals surface area contributed by atoms with Gasteiger partial charge in [0.25, 0.3) is 0 Å². The zero-order chi connectivity index (χ0) is 13.4. The molecule has 0 fully saturated rings. The summed E-state index contributed by atoms with van der Waals surface area (Å²) in [6.07, 6.45) is 1.45. The van der Waals surface area contributed by atoms with Crippen molar-refractivity contribution in [2.75, 3.05) is 5.75 Å². The molecule has 4 nitrogen and oxygen atoms in total. The minimum atomic E-state index is -0.790. The van der Waals surface area contributed by atoms with E-state index in [0.717, 1.165) is 4.21 Å². The van der Waals surface area contributed by atoms with Crippen LogP contribution in [0.25, 0.3) is 0 Å². The molecule has 18 heavy (non-hydrogen) atoms. The Balaban J connectivity index is 2.13. The fourth-order valence-corrected chi connectivity index (χ4v) is 3.03. The van der Waals surface area contributed by atoms with E-state index in [2.05, 4.69) is 5.32 Å². The van der Waals surface area contributed by atoms with Gasteiger partial charge in [-0.15, -0.1) is 23.1 Å². The summed E-state index contributed by atoms with van der Waals surface area (Å²) in [4.78, 5) is 21.9. The Bertz CT molecular complexity index is 379. The molecule has 1 aromatic heterocycles. The fourth-order valence-electron chi connectivity index (χ4n) is 1.43. The summed E-state index contributed by atoms with van der Waals surface area (Å²) in [5, 5.41) is 13.4. The van der Waals surface area contributed by atoms with E-state index in [1.807, 2.05) is 24.4 Å². The van der Waals surface area contributed by atoms with E-state index < -0.39 is 5.97 Å². The molecule has 0 radical (unpaired) electrons. The molecule has 0 bridgehead atoms. The minimum Gasteiger partial charge on any atom is -0.481 e. The second-order valence-corrected chi connectivity index (χ2v) is 6.20. The number of nitrogens with one attached hydrogen (secondary N) is 1. The Hall–Kier alpha value is -1.01. The molecule has 0 aliphatic carbocycles. The van der Waals surface area contributed by atoms with Crippen molar-refractivity contribution < 1.29 is 14.7 Å². The first-order valence-electron chi connectivity index (χ1n) is 5.75. The van der Waals surface area contributed by atoms with Crippen LogP contribution in [0.3, 0.4) is 0 Å². The molecular formula is C12H17NO3S2. The summed E-state index contributed by atoms with van der Waals surface area (Å²) in [6, 6.07) is 3.97. The van der Waals surface area contributed by atoms with Crippen molar-refractivity contribution in [2.45, 2.75) is 36.4 Å². The summed E-state index contributed by atoms with van der Waals surface area (Å²) in [7, 11) is 0. The number of aliphatic carboxylic acids is 1. The van der Waals surface area contributed by atoms with Crippen LogP contribution in [0.2, 0.25) is 0 Å². The summed E-state index contributed by atoms with van der Waals surface area (Å²) in [5.74, 6) is -0.387. The zero-order valence-corrected chi connectivity index (χ0v) is 11.9. The van der Waals surface area contributed by atoms with Crippen molar-refractivity contribution in [1.29, 1.82) is 0 Å². The molecule has 0 saturated heterocycles. The van der Waals surface area contributed by atoms with E-state index in [0.29, 0.717) is 18.6 Å². The van der Waals surface area contributed by atoms with Crippen LogP contribution in [-0.4, -0.2) is 28.8 Å². The summed E-state index contributed by atoms with van der Waals surface area (Å²) < 4.78 is 1.13. The SMILES string of the molecule is CC(CCCC(=O)O)NC(=O)CSc1cccs1. The lowest BCUT2D eigenvalue weighted by atomic mass is 10.1. The van der Waals surface area contributed by atoms with E-state index in [4.69, 9.17) is 5.11 Å². The maximum Gasteiger partial charge on any atom is 0.303 e. The van der Waals surface area contributed by atoms with Crippen LogP contribution in [0.5, 0.6) is 0 Å². The number of carboxylic acid groups (broad SMARTS) is 1. The largest absolute Gasteiger partial charge is 0.481 e. The monoisotopic (exact) mass is 287 g/mol. The van der Waals surface area contributed by atoms with Crippen molar-refractivity contribution in [2.24, 2.45) is 0 Å². The van der Waals surface area contributed by atoms with Gasteiger partial charge in [-0.2, -0.15) is 0 Å². The van der Waals surface area contributed by atoms with E-state index in [1.165, 1.54) is 11.8 Å². The minimum absolute atomic E-state index is 0.00350. The molecule has 1 unspecified atom stereocenters. The number of hydrogen-bond acceptors (Lipinski definition) is 4. The van der Waals surface area contributed by atoms with Crippen molar-refractivity contribution in [3.63, 3.8) is 0 Å². The molecule has 1 heterocycles. The molecule has 0 aliphatic rings. The first-order chi connectivity index (χ1) is 8.58. The van der Waals surface area contributed by atoms with Gasteiger partial charge in [-0.05, 0) is 31.2 Å². The second-order valence-electron chi connectivity index (χ2n) is 3.98. The standard InChI is InChI=1S/C12H17NO3S2/c1-9(4-2-5-11(15)16)13-10(14)8-18-12-6-3-7-17-12/h3,6-7,9H,2,4-5,8H2,1H3,(H,13,14)(H,15,16). The average molecular weight is 287 g/mol. The van der Waals surface area contributed by atoms with Gasteiger partial charge < -0.3 is 10.4 Å². The molecule has 1 atom stereocenters. The number of hydrogen-bond donors (Lipinski definition) is 2. The van der Waals surface area contributed by atoms with Crippen molar-refractivity contribution in [1.82, 2.24) is 5.32 Å². The van der Waals surface area contributed by atoms with Crippen LogP contribution >= 0.6 is 23.1 Å². The Morgan fingerprint density at radius 1 is 1.56 bits per heavy atom. The van der Waals surface area contributed by atoms with Crippen LogP contribution in [0.4, 0.5) is 0 Å².